The molecule has 1 fully saturated rings. The second kappa shape index (κ2) is 5.48. The van der Waals surface area contributed by atoms with E-state index in [9.17, 15) is 9.90 Å². The molecule has 0 aromatic heterocycles. The fourth-order valence-corrected chi connectivity index (χ4v) is 2.71. The molecule has 5 nitrogen and oxygen atoms in total. The standard InChI is InChI=1S/C14H21N3O2/c1-16-6-5-10(8-16)9-17(2)13-7-11(15)3-4-12(13)14(18)19/h3-4,7,10H,5-6,8-9,15H2,1-2H3,(H,18,19). The van der Waals surface area contributed by atoms with Gasteiger partial charge in [-0.2, -0.15) is 0 Å². The van der Waals surface area contributed by atoms with Crippen LogP contribution in [0.2, 0.25) is 0 Å². The van der Waals surface area contributed by atoms with E-state index in [2.05, 4.69) is 11.9 Å². The lowest BCUT2D eigenvalue weighted by molar-refractivity contribution is 0.0697. The highest BCUT2D eigenvalue weighted by Crippen LogP contribution is 2.25. The van der Waals surface area contributed by atoms with Gasteiger partial charge in [-0.25, -0.2) is 4.79 Å². The molecule has 1 saturated heterocycles. The molecule has 3 N–H and O–H groups in total. The van der Waals surface area contributed by atoms with Gasteiger partial charge in [0.2, 0.25) is 0 Å². The molecule has 0 saturated carbocycles. The van der Waals surface area contributed by atoms with Gasteiger partial charge in [0.15, 0.2) is 0 Å². The fraction of sp³-hybridized carbons (Fsp3) is 0.500. The summed E-state index contributed by atoms with van der Waals surface area (Å²) in [5.41, 5.74) is 7.37. The van der Waals surface area contributed by atoms with Crippen LogP contribution in [0.3, 0.4) is 0 Å². The van der Waals surface area contributed by atoms with E-state index < -0.39 is 5.97 Å². The van der Waals surface area contributed by atoms with Crippen molar-refractivity contribution in [3.05, 3.63) is 23.8 Å². The molecular formula is C14H21N3O2. The lowest BCUT2D eigenvalue weighted by Crippen LogP contribution is -2.28. The molecule has 1 aliphatic heterocycles. The number of hydrogen-bond acceptors (Lipinski definition) is 4. The number of aromatic carboxylic acids is 1. The maximum absolute atomic E-state index is 11.3. The first-order valence-corrected chi connectivity index (χ1v) is 6.50. The smallest absolute Gasteiger partial charge is 0.337 e. The summed E-state index contributed by atoms with van der Waals surface area (Å²) in [4.78, 5) is 15.6. The monoisotopic (exact) mass is 263 g/mol. The van der Waals surface area contributed by atoms with Crippen molar-refractivity contribution in [2.24, 2.45) is 5.92 Å². The number of nitrogen functional groups attached to an aromatic ring is 1. The normalized spacial score (nSPS) is 19.6. The number of benzene rings is 1. The van der Waals surface area contributed by atoms with Gasteiger partial charge >= 0.3 is 5.97 Å². The third-order valence-corrected chi connectivity index (χ3v) is 3.68. The van der Waals surface area contributed by atoms with Crippen molar-refractivity contribution in [1.29, 1.82) is 0 Å². The summed E-state index contributed by atoms with van der Waals surface area (Å²) in [6.07, 6.45) is 1.16. The summed E-state index contributed by atoms with van der Waals surface area (Å²) in [6, 6.07) is 4.94. The molecule has 0 amide bonds. The largest absolute Gasteiger partial charge is 0.478 e. The van der Waals surface area contributed by atoms with E-state index in [4.69, 9.17) is 5.73 Å². The Hall–Kier alpha value is -1.75. The molecule has 19 heavy (non-hydrogen) atoms. The van der Waals surface area contributed by atoms with Crippen LogP contribution in [0.4, 0.5) is 11.4 Å². The van der Waals surface area contributed by atoms with E-state index in [1.807, 2.05) is 11.9 Å². The third-order valence-electron chi connectivity index (χ3n) is 3.68. The van der Waals surface area contributed by atoms with Crippen LogP contribution in [-0.4, -0.2) is 49.7 Å². The summed E-state index contributed by atoms with van der Waals surface area (Å²) in [7, 11) is 4.04. The topological polar surface area (TPSA) is 69.8 Å². The molecule has 1 unspecified atom stereocenters. The van der Waals surface area contributed by atoms with Crippen molar-refractivity contribution >= 4 is 17.3 Å². The first-order chi connectivity index (χ1) is 8.97. The molecule has 104 valence electrons. The molecular weight excluding hydrogens is 242 g/mol. The van der Waals surface area contributed by atoms with Gasteiger partial charge in [0.25, 0.3) is 0 Å². The average Bonchev–Trinajstić information content (AvgIpc) is 2.74. The highest BCUT2D eigenvalue weighted by atomic mass is 16.4. The summed E-state index contributed by atoms with van der Waals surface area (Å²) < 4.78 is 0. The van der Waals surface area contributed by atoms with E-state index in [-0.39, 0.29) is 0 Å². The Morgan fingerprint density at radius 2 is 2.32 bits per heavy atom. The Morgan fingerprint density at radius 3 is 2.89 bits per heavy atom. The van der Waals surface area contributed by atoms with E-state index in [1.54, 1.807) is 18.2 Å². The predicted molar refractivity (Wildman–Crippen MR) is 76.7 cm³/mol. The molecule has 1 atom stereocenters. The highest BCUT2D eigenvalue weighted by molar-refractivity contribution is 5.95. The Kier molecular flexibility index (Phi) is 3.95. The Balaban J connectivity index is 2.15. The van der Waals surface area contributed by atoms with Crippen LogP contribution < -0.4 is 10.6 Å². The quantitative estimate of drug-likeness (QED) is 0.803. The number of likely N-dealkylation sites (tertiary alicyclic amines) is 1. The first-order valence-electron chi connectivity index (χ1n) is 6.50. The van der Waals surface area contributed by atoms with E-state index in [1.165, 1.54) is 0 Å². The third kappa shape index (κ3) is 3.17. The van der Waals surface area contributed by atoms with Crippen LogP contribution in [0.15, 0.2) is 18.2 Å². The van der Waals surface area contributed by atoms with E-state index in [0.29, 0.717) is 22.9 Å². The lowest BCUT2D eigenvalue weighted by atomic mass is 10.1. The number of carboxylic acid groups (broad SMARTS) is 1. The highest BCUT2D eigenvalue weighted by Gasteiger charge is 2.22. The fourth-order valence-electron chi connectivity index (χ4n) is 2.71. The summed E-state index contributed by atoms with van der Waals surface area (Å²) in [5, 5.41) is 9.23. The molecule has 0 spiro atoms. The molecule has 1 aliphatic rings. The minimum atomic E-state index is -0.912. The zero-order chi connectivity index (χ0) is 14.0. The molecule has 0 bridgehead atoms. The van der Waals surface area contributed by atoms with Crippen LogP contribution in [0.5, 0.6) is 0 Å². The van der Waals surface area contributed by atoms with Crippen molar-refractivity contribution in [3.63, 3.8) is 0 Å². The molecule has 1 heterocycles. The van der Waals surface area contributed by atoms with Crippen LogP contribution in [0, 0.1) is 5.92 Å². The van der Waals surface area contributed by atoms with Gasteiger partial charge in [-0.1, -0.05) is 0 Å². The Morgan fingerprint density at radius 1 is 1.58 bits per heavy atom. The molecule has 0 aliphatic carbocycles. The molecule has 1 aromatic rings. The van der Waals surface area contributed by atoms with Crippen molar-refractivity contribution in [2.45, 2.75) is 6.42 Å². The van der Waals surface area contributed by atoms with Gasteiger partial charge < -0.3 is 20.6 Å². The first kappa shape index (κ1) is 13.7. The maximum Gasteiger partial charge on any atom is 0.337 e. The van der Waals surface area contributed by atoms with Gasteiger partial charge in [-0.3, -0.25) is 0 Å². The summed E-state index contributed by atoms with van der Waals surface area (Å²) >= 11 is 0. The number of hydrogen-bond donors (Lipinski definition) is 2. The number of nitrogens with two attached hydrogens (primary N) is 1. The SMILES string of the molecule is CN1CCC(CN(C)c2cc(N)ccc2C(=O)O)C1. The Bertz CT molecular complexity index is 476. The van der Waals surface area contributed by atoms with Gasteiger partial charge in [-0.15, -0.1) is 0 Å². The van der Waals surface area contributed by atoms with Crippen molar-refractivity contribution in [3.8, 4) is 0 Å². The lowest BCUT2D eigenvalue weighted by Gasteiger charge is -2.25. The number of anilines is 2. The second-order valence-corrected chi connectivity index (χ2v) is 5.38. The zero-order valence-corrected chi connectivity index (χ0v) is 11.5. The molecule has 2 rings (SSSR count). The van der Waals surface area contributed by atoms with E-state index >= 15 is 0 Å². The van der Waals surface area contributed by atoms with Crippen molar-refractivity contribution in [1.82, 2.24) is 4.90 Å². The van der Waals surface area contributed by atoms with Gasteiger partial charge in [0.05, 0.1) is 11.3 Å². The van der Waals surface area contributed by atoms with E-state index in [0.717, 1.165) is 26.1 Å². The molecule has 5 heteroatoms. The van der Waals surface area contributed by atoms with Crippen LogP contribution in [-0.2, 0) is 0 Å². The number of carboxylic acids is 1. The predicted octanol–water partition coefficient (Wildman–Crippen LogP) is 1.35. The number of nitrogens with zero attached hydrogens (tertiary/aromatic N) is 2. The average molecular weight is 263 g/mol. The number of carbonyl (C=O) groups is 1. The summed E-state index contributed by atoms with van der Waals surface area (Å²) in [5.74, 6) is -0.330. The van der Waals surface area contributed by atoms with Gasteiger partial charge in [0, 0.05) is 25.8 Å². The number of rotatable bonds is 4. The van der Waals surface area contributed by atoms with Crippen molar-refractivity contribution in [2.75, 3.05) is 44.4 Å². The van der Waals surface area contributed by atoms with Crippen LogP contribution >= 0.6 is 0 Å². The van der Waals surface area contributed by atoms with Crippen LogP contribution in [0.1, 0.15) is 16.8 Å². The molecule has 0 radical (unpaired) electrons. The molecule has 1 aromatic carbocycles. The Labute approximate surface area is 113 Å². The summed E-state index contributed by atoms with van der Waals surface area (Å²) in [6.45, 7) is 3.03. The minimum Gasteiger partial charge on any atom is -0.478 e. The second-order valence-electron chi connectivity index (χ2n) is 5.38. The van der Waals surface area contributed by atoms with Gasteiger partial charge in [0.1, 0.15) is 0 Å². The van der Waals surface area contributed by atoms with Crippen molar-refractivity contribution < 1.29 is 9.90 Å². The zero-order valence-electron chi connectivity index (χ0n) is 11.5. The van der Waals surface area contributed by atoms with Gasteiger partial charge in [-0.05, 0) is 44.1 Å². The maximum atomic E-state index is 11.3. The minimum absolute atomic E-state index is 0.308. The van der Waals surface area contributed by atoms with Crippen LogP contribution in [0.25, 0.3) is 0 Å².